The highest BCUT2D eigenvalue weighted by atomic mass is 16.6. The number of nitro groups is 3. The van der Waals surface area contributed by atoms with Crippen molar-refractivity contribution in [3.8, 4) is 0 Å². The van der Waals surface area contributed by atoms with Gasteiger partial charge in [-0.25, -0.2) is 0 Å². The standard InChI is InChI=1S/C35H29BN4O6/c1-24-8-10-25(11-9-24)34-32-6-4-5-7-33(32)40(2,3)36(27-14-20-30(21-15-27)38(43)44,28-16-22-31(23-17-28)39(45)46)35(34)26-12-18-29(19-13-26)37(41)42/h4-23H,1-3H3. The lowest BCUT2D eigenvalue weighted by Gasteiger charge is -2.61. The average Bonchev–Trinajstić information content (AvgIpc) is 3.05. The fraction of sp³-hybridized carbons (Fsp3) is 0.0857. The number of rotatable bonds is 7. The zero-order chi connectivity index (χ0) is 32.8. The van der Waals surface area contributed by atoms with Gasteiger partial charge in [0.1, 0.15) is 0 Å². The molecule has 0 aromatic heterocycles. The first kappa shape index (κ1) is 30.1. The van der Waals surface area contributed by atoms with Crippen molar-refractivity contribution in [2.24, 2.45) is 0 Å². The van der Waals surface area contributed by atoms with E-state index in [4.69, 9.17) is 0 Å². The molecule has 0 unspecified atom stereocenters. The van der Waals surface area contributed by atoms with Gasteiger partial charge in [0.2, 0.25) is 0 Å². The Balaban J connectivity index is 1.86. The summed E-state index contributed by atoms with van der Waals surface area (Å²) in [6, 6.07) is 35.6. The molecule has 5 aromatic rings. The van der Waals surface area contributed by atoms with Crippen LogP contribution in [0.2, 0.25) is 0 Å². The highest BCUT2D eigenvalue weighted by Gasteiger charge is 2.54. The molecule has 0 N–H and O–H groups in total. The Hall–Kier alpha value is -5.94. The first-order valence-electron chi connectivity index (χ1n) is 14.6. The molecule has 0 radical (unpaired) electrons. The Morgan fingerprint density at radius 1 is 0.543 bits per heavy atom. The summed E-state index contributed by atoms with van der Waals surface area (Å²) < 4.78 is 0.244. The Labute approximate surface area is 264 Å². The lowest BCUT2D eigenvalue weighted by Crippen LogP contribution is -2.80. The van der Waals surface area contributed by atoms with Crippen LogP contribution in [0.3, 0.4) is 0 Å². The number of hydrogen-bond donors (Lipinski definition) is 0. The number of para-hydroxylation sites is 1. The number of nitro benzene ring substituents is 3. The molecule has 0 saturated heterocycles. The Morgan fingerprint density at radius 2 is 0.957 bits per heavy atom. The second-order valence-corrected chi connectivity index (χ2v) is 12.0. The van der Waals surface area contributed by atoms with Crippen molar-refractivity contribution in [3.05, 3.63) is 174 Å². The molecule has 0 aliphatic carbocycles. The van der Waals surface area contributed by atoms with Crippen LogP contribution < -0.4 is 15.3 Å². The smallest absolute Gasteiger partial charge is 0.296 e. The number of non-ortho nitro benzene ring substituents is 3. The molecule has 5 aromatic carbocycles. The Bertz CT molecular complexity index is 1980. The first-order chi connectivity index (χ1) is 22.0. The molecule has 6 rings (SSSR count). The molecule has 0 saturated carbocycles. The van der Waals surface area contributed by atoms with Crippen LogP contribution in [0.25, 0.3) is 11.0 Å². The van der Waals surface area contributed by atoms with Gasteiger partial charge < -0.3 is 4.39 Å². The topological polar surface area (TPSA) is 129 Å². The van der Waals surface area contributed by atoms with Crippen LogP contribution >= 0.6 is 0 Å². The van der Waals surface area contributed by atoms with E-state index in [1.165, 1.54) is 36.4 Å². The van der Waals surface area contributed by atoms with E-state index >= 15 is 0 Å². The summed E-state index contributed by atoms with van der Waals surface area (Å²) in [7, 11) is 4.14. The zero-order valence-corrected chi connectivity index (χ0v) is 25.4. The third-order valence-electron chi connectivity index (χ3n) is 9.35. The molecule has 1 aliphatic heterocycles. The number of benzene rings is 5. The van der Waals surface area contributed by atoms with E-state index in [0.717, 1.165) is 49.9 Å². The fourth-order valence-corrected chi connectivity index (χ4v) is 7.27. The molecule has 1 aliphatic rings. The largest absolute Gasteiger partial charge is 0.474 e. The summed E-state index contributed by atoms with van der Waals surface area (Å²) in [5, 5.41) is 35.2. The summed E-state index contributed by atoms with van der Waals surface area (Å²) in [5.41, 5.74) is 7.72. The lowest BCUT2D eigenvalue weighted by atomic mass is 9.19. The maximum atomic E-state index is 11.7. The summed E-state index contributed by atoms with van der Waals surface area (Å²) in [4.78, 5) is 33.9. The van der Waals surface area contributed by atoms with Crippen LogP contribution in [-0.2, 0) is 0 Å². The number of fused-ring (bicyclic) bond motifs is 1. The van der Waals surface area contributed by atoms with Crippen molar-refractivity contribution < 1.29 is 14.8 Å². The molecule has 1 heterocycles. The maximum absolute atomic E-state index is 11.7. The average molecular weight is 612 g/mol. The normalized spacial score (nSPS) is 14.8. The Kier molecular flexibility index (Phi) is 7.34. The highest BCUT2D eigenvalue weighted by Crippen LogP contribution is 2.50. The minimum atomic E-state index is -2.21. The molecular formula is C35H29BN4O6. The Morgan fingerprint density at radius 3 is 1.41 bits per heavy atom. The summed E-state index contributed by atoms with van der Waals surface area (Å²) in [6.07, 6.45) is -2.21. The van der Waals surface area contributed by atoms with Gasteiger partial charge in [-0.3, -0.25) is 30.3 Å². The van der Waals surface area contributed by atoms with Crippen LogP contribution in [0, 0.1) is 37.3 Å². The van der Waals surface area contributed by atoms with Gasteiger partial charge in [0.15, 0.2) is 0 Å². The van der Waals surface area contributed by atoms with Gasteiger partial charge in [-0.15, -0.1) is 16.4 Å². The zero-order valence-electron chi connectivity index (χ0n) is 25.4. The van der Waals surface area contributed by atoms with Gasteiger partial charge in [-0.2, -0.15) is 0 Å². The van der Waals surface area contributed by atoms with Gasteiger partial charge in [0, 0.05) is 56.1 Å². The minimum Gasteiger partial charge on any atom is -0.474 e. The molecule has 46 heavy (non-hydrogen) atoms. The van der Waals surface area contributed by atoms with E-state index < -0.39 is 21.1 Å². The minimum absolute atomic E-state index is 0.0602. The van der Waals surface area contributed by atoms with Crippen molar-refractivity contribution >= 4 is 51.0 Å². The van der Waals surface area contributed by atoms with Crippen LogP contribution in [0.4, 0.5) is 22.7 Å². The molecular weight excluding hydrogens is 583 g/mol. The van der Waals surface area contributed by atoms with Gasteiger partial charge in [0.05, 0.1) is 20.5 Å². The van der Waals surface area contributed by atoms with Gasteiger partial charge in [-0.1, -0.05) is 83.9 Å². The predicted octanol–water partition coefficient (Wildman–Crippen LogP) is 6.56. The first-order valence-corrected chi connectivity index (χ1v) is 14.6. The van der Waals surface area contributed by atoms with Crippen molar-refractivity contribution in [2.75, 3.05) is 14.1 Å². The van der Waals surface area contributed by atoms with E-state index in [2.05, 4.69) is 26.2 Å². The molecule has 0 amide bonds. The fourth-order valence-electron chi connectivity index (χ4n) is 7.27. The van der Waals surface area contributed by atoms with Crippen molar-refractivity contribution in [1.82, 2.24) is 4.39 Å². The highest BCUT2D eigenvalue weighted by molar-refractivity contribution is 7.16. The number of quaternary nitrogens is 1. The van der Waals surface area contributed by atoms with E-state index in [9.17, 15) is 30.3 Å². The third kappa shape index (κ3) is 4.65. The van der Waals surface area contributed by atoms with Crippen LogP contribution in [0.1, 0.15) is 22.3 Å². The second-order valence-electron chi connectivity index (χ2n) is 12.0. The SMILES string of the molecule is Cc1ccc(C2=C(c3ccc([N+](=O)[O-])cc3)[B-](c3ccc([N+](=O)[O-])cc3)(c3ccc([N+](=O)[O-])cc3)[N+](C)(C)c3ccccc32)cc1. The van der Waals surface area contributed by atoms with Gasteiger partial charge in [-0.05, 0) is 30.2 Å². The van der Waals surface area contributed by atoms with E-state index in [1.807, 2.05) is 43.3 Å². The van der Waals surface area contributed by atoms with Crippen molar-refractivity contribution in [1.29, 1.82) is 0 Å². The monoisotopic (exact) mass is 612 g/mol. The lowest BCUT2D eigenvalue weighted by molar-refractivity contribution is -0.385. The third-order valence-corrected chi connectivity index (χ3v) is 9.35. The second kappa shape index (κ2) is 11.2. The predicted molar refractivity (Wildman–Crippen MR) is 181 cm³/mol. The van der Waals surface area contributed by atoms with Crippen LogP contribution in [-0.4, -0.2) is 35.1 Å². The summed E-state index contributed by atoms with van der Waals surface area (Å²) in [6.45, 7) is 2.01. The van der Waals surface area contributed by atoms with E-state index in [0.29, 0.717) is 0 Å². The van der Waals surface area contributed by atoms with Crippen molar-refractivity contribution in [3.63, 3.8) is 0 Å². The number of nitrogens with zero attached hydrogens (tertiary/aromatic N) is 4. The quantitative estimate of drug-likeness (QED) is 0.116. The van der Waals surface area contributed by atoms with Crippen LogP contribution in [0.15, 0.2) is 121 Å². The molecule has 0 fully saturated rings. The summed E-state index contributed by atoms with van der Waals surface area (Å²) >= 11 is 0. The molecule has 0 bridgehead atoms. The summed E-state index contributed by atoms with van der Waals surface area (Å²) in [5.74, 6) is 0. The molecule has 10 nitrogen and oxygen atoms in total. The number of aryl methyl sites for hydroxylation is 1. The molecule has 11 heteroatoms. The van der Waals surface area contributed by atoms with Crippen molar-refractivity contribution in [2.45, 2.75) is 6.92 Å². The van der Waals surface area contributed by atoms with Gasteiger partial charge in [0.25, 0.3) is 23.3 Å². The van der Waals surface area contributed by atoms with Gasteiger partial charge >= 0.3 is 0 Å². The molecule has 0 spiro atoms. The maximum Gasteiger partial charge on any atom is 0.296 e. The van der Waals surface area contributed by atoms with Crippen LogP contribution in [0.5, 0.6) is 0 Å². The van der Waals surface area contributed by atoms with E-state index in [1.54, 1.807) is 36.4 Å². The molecule has 0 atom stereocenters. The van der Waals surface area contributed by atoms with E-state index in [-0.39, 0.29) is 21.5 Å². The number of hydrogen-bond acceptors (Lipinski definition) is 6. The molecule has 228 valence electrons.